The molecule has 7 unspecified atom stereocenters. The Morgan fingerprint density at radius 3 is 2.25 bits per heavy atom. The van der Waals surface area contributed by atoms with Gasteiger partial charge in [0.2, 0.25) is 6.29 Å². The van der Waals surface area contributed by atoms with Crippen LogP contribution in [0.3, 0.4) is 0 Å². The minimum atomic E-state index is -1.74. The number of methoxy groups -OCH3 is 1. The van der Waals surface area contributed by atoms with Gasteiger partial charge >= 0.3 is 11.9 Å². The Bertz CT molecular complexity index is 2650. The molecule has 4 N–H and O–H groups in total. The lowest BCUT2D eigenvalue weighted by atomic mass is 9.44. The number of aliphatic hydroxyl groups is 4. The molecule has 6 fully saturated rings. The number of nitrogens with zero attached hydrogens (tertiary/aromatic N) is 1. The molecule has 2 aromatic rings. The average molecular weight is 1010 g/mol. The number of morpholine rings is 1. The number of carbonyl (C=O) groups is 4. The molecule has 0 aromatic heterocycles. The molecule has 0 amide bonds. The van der Waals surface area contributed by atoms with Crippen LogP contribution in [0, 0.1) is 17.8 Å². The molecule has 5 aliphatic heterocycles. The molecule has 12 atom stereocenters. The van der Waals surface area contributed by atoms with Crippen LogP contribution < -0.4 is 18.9 Å². The summed E-state index contributed by atoms with van der Waals surface area (Å²) < 4.78 is 50.8. The molecule has 10 rings (SSSR count). The van der Waals surface area contributed by atoms with E-state index in [4.69, 9.17) is 37.9 Å². The van der Waals surface area contributed by atoms with Crippen LogP contribution in [0.1, 0.15) is 113 Å². The van der Waals surface area contributed by atoms with Crippen LogP contribution >= 0.6 is 0 Å². The van der Waals surface area contributed by atoms with E-state index in [9.17, 15) is 30.0 Å². The predicted octanol–water partition coefficient (Wildman–Crippen LogP) is 5.41. The lowest BCUT2D eigenvalue weighted by molar-refractivity contribution is -0.277. The summed E-state index contributed by atoms with van der Waals surface area (Å²) in [4.78, 5) is 62.0. The van der Waals surface area contributed by atoms with Gasteiger partial charge in [0, 0.05) is 48.5 Å². The smallest absolute Gasteiger partial charge is 0.343 e. The van der Waals surface area contributed by atoms with Crippen LogP contribution in [0.15, 0.2) is 65.3 Å². The van der Waals surface area contributed by atoms with Gasteiger partial charge in [0.15, 0.2) is 28.5 Å². The Balaban J connectivity index is 1.22. The maximum atomic E-state index is 16.6. The van der Waals surface area contributed by atoms with Crippen molar-refractivity contribution < 1.29 is 77.5 Å². The number of fused-ring (bicyclic) bond motifs is 2. The second kappa shape index (κ2) is 19.8. The number of carbonyl (C=O) groups excluding carboxylic acids is 4. The Hall–Kier alpha value is -5.24. The summed E-state index contributed by atoms with van der Waals surface area (Å²) in [6.45, 7) is 16.5. The number of ketones is 2. The number of benzene rings is 2. The van der Waals surface area contributed by atoms with Gasteiger partial charge in [-0.05, 0) is 117 Å². The Kier molecular flexibility index (Phi) is 14.3. The second-order valence-corrected chi connectivity index (χ2v) is 21.8. The molecule has 17 nitrogen and oxygen atoms in total. The molecule has 0 radical (unpaired) electrons. The highest BCUT2D eigenvalue weighted by Crippen LogP contribution is 2.71. The highest BCUT2D eigenvalue weighted by Gasteiger charge is 2.86. The molecule has 2 aromatic carbocycles. The Labute approximate surface area is 425 Å². The van der Waals surface area contributed by atoms with Gasteiger partial charge in [-0.15, -0.1) is 0 Å². The third-order valence-electron chi connectivity index (χ3n) is 16.1. The molecule has 394 valence electrons. The maximum Gasteiger partial charge on any atom is 0.343 e. The van der Waals surface area contributed by atoms with Crippen molar-refractivity contribution in [3.05, 3.63) is 87.5 Å². The molecule has 5 heterocycles. The fourth-order valence-electron chi connectivity index (χ4n) is 12.5. The van der Waals surface area contributed by atoms with Crippen molar-refractivity contribution in [1.29, 1.82) is 0 Å². The van der Waals surface area contributed by atoms with E-state index in [2.05, 4.69) is 11.0 Å². The highest BCUT2D eigenvalue weighted by molar-refractivity contribution is 6.11. The van der Waals surface area contributed by atoms with Gasteiger partial charge in [0.25, 0.3) is 0 Å². The van der Waals surface area contributed by atoms with Crippen LogP contribution in [0.2, 0.25) is 0 Å². The first-order chi connectivity index (χ1) is 34.6. The zero-order valence-corrected chi connectivity index (χ0v) is 43.1. The lowest BCUT2D eigenvalue weighted by Crippen LogP contribution is -2.82. The zero-order chi connectivity index (χ0) is 52.5. The number of hydrogen-bond donors (Lipinski definition) is 4. The SMILES string of the molecule is COC(=O)C(C)=CCC12OC(C)(C)C3CC(C1=O)C(N1CCOCC1)C1C(=O)c4c(OC(=O)c5ccc(O[C@@H]6O[C@H](CO)[C@@H](O)[C@H](O)[C@H]6O)cc5)c5c(c(CC=C(C)C)c4OC132)OC(C)(CCC=C(C)C)C=C5. The first-order valence-corrected chi connectivity index (χ1v) is 25.3. The first-order valence-electron chi connectivity index (χ1n) is 25.3. The number of ether oxygens (including phenoxy) is 8. The summed E-state index contributed by atoms with van der Waals surface area (Å²) in [5.41, 5.74) is -1.80. The molecule has 17 heteroatoms. The fourth-order valence-corrected chi connectivity index (χ4v) is 12.5. The summed E-state index contributed by atoms with van der Waals surface area (Å²) in [5.74, 6) is -3.64. The lowest BCUT2D eigenvalue weighted by Gasteiger charge is -2.64. The average Bonchev–Trinajstić information content (AvgIpc) is 3.50. The quantitative estimate of drug-likeness (QED) is 0.0803. The fraction of sp³-hybridized carbons (Fsp3) is 0.571. The van der Waals surface area contributed by atoms with Crippen LogP contribution in [-0.2, 0) is 35.0 Å². The van der Waals surface area contributed by atoms with Gasteiger partial charge in [-0.3, -0.25) is 14.5 Å². The summed E-state index contributed by atoms with van der Waals surface area (Å²) in [6.07, 6.45) is 3.84. The van der Waals surface area contributed by atoms with E-state index < -0.39 is 95.5 Å². The number of hydrogen-bond acceptors (Lipinski definition) is 17. The minimum Gasteiger partial charge on any atom is -0.482 e. The highest BCUT2D eigenvalue weighted by atomic mass is 16.7. The number of esters is 2. The van der Waals surface area contributed by atoms with Crippen molar-refractivity contribution >= 4 is 29.6 Å². The van der Waals surface area contributed by atoms with Gasteiger partial charge in [-0.1, -0.05) is 29.4 Å². The van der Waals surface area contributed by atoms with E-state index in [0.29, 0.717) is 62.4 Å². The van der Waals surface area contributed by atoms with Crippen LogP contribution in [0.25, 0.3) is 6.08 Å². The summed E-state index contributed by atoms with van der Waals surface area (Å²) in [6, 6.07) is 5.07. The monoisotopic (exact) mass is 1010 g/mol. The molecule has 3 saturated heterocycles. The van der Waals surface area contributed by atoms with Crippen LogP contribution in [0.4, 0.5) is 0 Å². The van der Waals surface area contributed by atoms with Gasteiger partial charge in [-0.25, -0.2) is 9.59 Å². The van der Waals surface area contributed by atoms with Gasteiger partial charge < -0.3 is 58.3 Å². The molecule has 3 aliphatic carbocycles. The van der Waals surface area contributed by atoms with Crippen molar-refractivity contribution in [3.8, 4) is 23.0 Å². The third-order valence-corrected chi connectivity index (χ3v) is 16.1. The third kappa shape index (κ3) is 8.86. The molecular formula is C56H69NO16. The van der Waals surface area contributed by atoms with E-state index in [1.807, 2.05) is 66.7 Å². The number of Topliss-reactive ketones (excluding diaryl/α,β-unsaturated/α-hetero) is 2. The van der Waals surface area contributed by atoms with Crippen molar-refractivity contribution in [1.82, 2.24) is 4.90 Å². The van der Waals surface area contributed by atoms with Gasteiger partial charge in [0.1, 0.15) is 52.8 Å². The molecule has 3 saturated carbocycles. The first kappa shape index (κ1) is 52.6. The minimum absolute atomic E-state index is 0.0377. The standard InChI is InChI=1S/C56H69NO16/c1-29(2)11-10-20-54(8)21-19-35-46(71-54)34(17-12-30(3)4)48-39(47(35)70-51(65)32-13-15-33(16-14-32)68-52-45(62)44(61)42(59)37(28-58)69-52)43(60)40-41(57-23-25-67-26-24-57)36-27-38-53(6,7)73-55(49(36)63,56(38,40)72-48)22-18-31(5)50(64)66-9/h11-16,18-19,21,36-38,40-42,44-45,52,58-59,61-62H,10,17,20,22-28H2,1-9H3/t36?,37-,38?,40?,41?,42-,44+,45-,52-,54?,55?,56?/m1/s1. The number of allylic oxidation sites excluding steroid dienone is 4. The Morgan fingerprint density at radius 1 is 0.890 bits per heavy atom. The summed E-state index contributed by atoms with van der Waals surface area (Å²) in [5, 5.41) is 40.9. The largest absolute Gasteiger partial charge is 0.482 e. The number of rotatable bonds is 14. The van der Waals surface area contributed by atoms with E-state index in [-0.39, 0.29) is 58.4 Å². The van der Waals surface area contributed by atoms with Crippen LogP contribution in [-0.4, -0.2) is 148 Å². The van der Waals surface area contributed by atoms with E-state index >= 15 is 9.59 Å². The molecule has 8 aliphatic rings. The Morgan fingerprint density at radius 2 is 1.59 bits per heavy atom. The topological polar surface area (TPSA) is 226 Å². The van der Waals surface area contributed by atoms with E-state index in [1.54, 1.807) is 13.0 Å². The zero-order valence-electron chi connectivity index (χ0n) is 43.1. The van der Waals surface area contributed by atoms with Crippen molar-refractivity contribution in [2.45, 2.75) is 147 Å². The van der Waals surface area contributed by atoms with Crippen molar-refractivity contribution in [2.24, 2.45) is 17.8 Å². The molecular weight excluding hydrogens is 943 g/mol. The van der Waals surface area contributed by atoms with E-state index in [1.165, 1.54) is 31.4 Å². The summed E-state index contributed by atoms with van der Waals surface area (Å²) in [7, 11) is 1.29. The van der Waals surface area contributed by atoms with Gasteiger partial charge in [-0.2, -0.15) is 0 Å². The van der Waals surface area contributed by atoms with E-state index in [0.717, 1.165) is 11.1 Å². The maximum absolute atomic E-state index is 16.6. The second-order valence-electron chi connectivity index (χ2n) is 21.8. The molecule has 4 bridgehead atoms. The van der Waals surface area contributed by atoms with Crippen molar-refractivity contribution in [2.75, 3.05) is 40.0 Å². The normalized spacial score (nSPS) is 33.9. The number of aliphatic hydroxyl groups excluding tert-OH is 4. The van der Waals surface area contributed by atoms with Gasteiger partial charge in [0.05, 0.1) is 49.6 Å². The summed E-state index contributed by atoms with van der Waals surface area (Å²) >= 11 is 0. The predicted molar refractivity (Wildman–Crippen MR) is 264 cm³/mol. The van der Waals surface area contributed by atoms with Crippen LogP contribution in [0.5, 0.6) is 23.0 Å². The molecule has 1 spiro atoms. The molecule has 73 heavy (non-hydrogen) atoms. The van der Waals surface area contributed by atoms with Crippen molar-refractivity contribution in [3.63, 3.8) is 0 Å².